The van der Waals surface area contributed by atoms with E-state index in [0.29, 0.717) is 13.1 Å². The molecule has 8 heteroatoms. The summed E-state index contributed by atoms with van der Waals surface area (Å²) in [5.41, 5.74) is 3.31. The summed E-state index contributed by atoms with van der Waals surface area (Å²) in [4.78, 5) is 22.8. The standard InChI is InChI=1S/C21H25N5OS.HI/c1-16-24-19(15-28-16)14-25(3)21(22-2)23-12-17-7-9-18(10-8-17)13-26-11-5-4-6-20(26)27;/h4-11,15H,12-14H2,1-3H3,(H,22,23);1H. The summed E-state index contributed by atoms with van der Waals surface area (Å²) >= 11 is 1.66. The Balaban J connectivity index is 0.00000300. The van der Waals surface area contributed by atoms with Crippen LogP contribution in [0.4, 0.5) is 0 Å². The van der Waals surface area contributed by atoms with E-state index in [4.69, 9.17) is 0 Å². The number of pyridine rings is 1. The van der Waals surface area contributed by atoms with Crippen molar-refractivity contribution in [2.45, 2.75) is 26.6 Å². The number of guanidine groups is 1. The van der Waals surface area contributed by atoms with Crippen molar-refractivity contribution in [1.82, 2.24) is 19.8 Å². The van der Waals surface area contributed by atoms with Gasteiger partial charge in [-0.2, -0.15) is 0 Å². The van der Waals surface area contributed by atoms with Crippen molar-refractivity contribution in [1.29, 1.82) is 0 Å². The molecular weight excluding hydrogens is 497 g/mol. The minimum Gasteiger partial charge on any atom is -0.352 e. The summed E-state index contributed by atoms with van der Waals surface area (Å²) in [6.07, 6.45) is 1.81. The number of aromatic nitrogens is 2. The van der Waals surface area contributed by atoms with Crippen LogP contribution in [0.5, 0.6) is 0 Å². The first-order chi connectivity index (χ1) is 13.5. The first-order valence-corrected chi connectivity index (χ1v) is 9.99. The highest BCUT2D eigenvalue weighted by Crippen LogP contribution is 2.10. The maximum absolute atomic E-state index is 11.8. The summed E-state index contributed by atoms with van der Waals surface area (Å²) in [7, 11) is 3.79. The van der Waals surface area contributed by atoms with Crippen LogP contribution in [0.3, 0.4) is 0 Å². The van der Waals surface area contributed by atoms with Crippen molar-refractivity contribution in [3.63, 3.8) is 0 Å². The van der Waals surface area contributed by atoms with Gasteiger partial charge in [-0.05, 0) is 24.1 Å². The van der Waals surface area contributed by atoms with E-state index in [1.165, 1.54) is 0 Å². The number of rotatable bonds is 6. The number of hydrogen-bond donors (Lipinski definition) is 1. The summed E-state index contributed by atoms with van der Waals surface area (Å²) in [5, 5.41) is 6.54. The van der Waals surface area contributed by atoms with Gasteiger partial charge in [0.05, 0.1) is 23.8 Å². The molecule has 0 radical (unpaired) electrons. The topological polar surface area (TPSA) is 62.5 Å². The van der Waals surface area contributed by atoms with Crippen molar-refractivity contribution in [3.8, 4) is 0 Å². The van der Waals surface area contributed by atoms with Gasteiger partial charge in [-0.25, -0.2) is 4.98 Å². The number of aliphatic imine (C=N–C) groups is 1. The van der Waals surface area contributed by atoms with Crippen molar-refractivity contribution in [2.75, 3.05) is 14.1 Å². The van der Waals surface area contributed by atoms with E-state index in [1.807, 2.05) is 26.2 Å². The van der Waals surface area contributed by atoms with Crippen LogP contribution in [0.1, 0.15) is 21.8 Å². The molecule has 0 saturated carbocycles. The molecule has 6 nitrogen and oxygen atoms in total. The molecule has 3 aromatic rings. The molecule has 0 aliphatic carbocycles. The molecule has 0 saturated heterocycles. The molecule has 0 unspecified atom stereocenters. The summed E-state index contributed by atoms with van der Waals surface area (Å²) in [5.74, 6) is 0.825. The highest BCUT2D eigenvalue weighted by molar-refractivity contribution is 14.0. The lowest BCUT2D eigenvalue weighted by Crippen LogP contribution is -2.38. The fraction of sp³-hybridized carbons (Fsp3) is 0.286. The van der Waals surface area contributed by atoms with Crippen molar-refractivity contribution in [3.05, 3.63) is 86.2 Å². The van der Waals surface area contributed by atoms with Crippen molar-refractivity contribution >= 4 is 41.3 Å². The summed E-state index contributed by atoms with van der Waals surface area (Å²) in [6, 6.07) is 13.5. The number of thiazole rings is 1. The lowest BCUT2D eigenvalue weighted by atomic mass is 10.1. The Bertz CT molecular complexity index is 997. The molecule has 0 atom stereocenters. The van der Waals surface area contributed by atoms with E-state index in [9.17, 15) is 4.79 Å². The molecule has 0 aliphatic heterocycles. The molecule has 1 aromatic carbocycles. The predicted octanol–water partition coefficient (Wildman–Crippen LogP) is 3.49. The Morgan fingerprint density at radius 1 is 1.21 bits per heavy atom. The fourth-order valence-electron chi connectivity index (χ4n) is 2.92. The second kappa shape index (κ2) is 11.1. The largest absolute Gasteiger partial charge is 0.352 e. The number of nitrogens with one attached hydrogen (secondary N) is 1. The zero-order valence-electron chi connectivity index (χ0n) is 16.8. The molecule has 154 valence electrons. The average Bonchev–Trinajstić information content (AvgIpc) is 3.10. The zero-order chi connectivity index (χ0) is 19.9. The minimum absolute atomic E-state index is 0. The second-order valence-corrected chi connectivity index (χ2v) is 7.66. The molecule has 0 aliphatic rings. The maximum atomic E-state index is 11.8. The van der Waals surface area contributed by atoms with Gasteiger partial charge < -0.3 is 14.8 Å². The Kier molecular flexibility index (Phi) is 8.84. The Morgan fingerprint density at radius 2 is 1.93 bits per heavy atom. The van der Waals surface area contributed by atoms with Crippen LogP contribution in [0.15, 0.2) is 63.8 Å². The first-order valence-electron chi connectivity index (χ1n) is 9.11. The Labute approximate surface area is 192 Å². The third-order valence-corrected chi connectivity index (χ3v) is 5.19. The van der Waals surface area contributed by atoms with Crippen LogP contribution < -0.4 is 10.9 Å². The molecule has 1 N–H and O–H groups in total. The normalized spacial score (nSPS) is 11.1. The minimum atomic E-state index is 0. The van der Waals surface area contributed by atoms with E-state index in [-0.39, 0.29) is 29.5 Å². The lowest BCUT2D eigenvalue weighted by molar-refractivity contribution is 0.470. The number of nitrogens with zero attached hydrogens (tertiary/aromatic N) is 4. The predicted molar refractivity (Wildman–Crippen MR) is 130 cm³/mol. The fourth-order valence-corrected chi connectivity index (χ4v) is 3.52. The average molecular weight is 523 g/mol. The maximum Gasteiger partial charge on any atom is 0.250 e. The van der Waals surface area contributed by atoms with Crippen LogP contribution in [-0.4, -0.2) is 34.5 Å². The molecule has 0 bridgehead atoms. The molecule has 0 fully saturated rings. The molecule has 0 amide bonds. The van der Waals surface area contributed by atoms with Gasteiger partial charge in [0.15, 0.2) is 5.96 Å². The van der Waals surface area contributed by atoms with Crippen LogP contribution in [0, 0.1) is 6.92 Å². The molecular formula is C21H26IN5OS. The van der Waals surface area contributed by atoms with Crippen molar-refractivity contribution < 1.29 is 0 Å². The third kappa shape index (κ3) is 6.67. The molecule has 29 heavy (non-hydrogen) atoms. The van der Waals surface area contributed by atoms with Gasteiger partial charge in [-0.3, -0.25) is 9.79 Å². The van der Waals surface area contributed by atoms with Gasteiger partial charge in [0, 0.05) is 38.3 Å². The van der Waals surface area contributed by atoms with Crippen molar-refractivity contribution in [2.24, 2.45) is 4.99 Å². The first kappa shape index (κ1) is 23.1. The second-order valence-electron chi connectivity index (χ2n) is 6.60. The van der Waals surface area contributed by atoms with Gasteiger partial charge in [-0.15, -0.1) is 35.3 Å². The number of benzene rings is 1. The smallest absolute Gasteiger partial charge is 0.250 e. The van der Waals surface area contributed by atoms with Gasteiger partial charge in [-0.1, -0.05) is 30.3 Å². The zero-order valence-corrected chi connectivity index (χ0v) is 20.0. The highest BCUT2D eigenvalue weighted by atomic mass is 127. The SMILES string of the molecule is CN=C(NCc1ccc(Cn2ccccc2=O)cc1)N(C)Cc1csc(C)n1.I. The number of aryl methyl sites for hydroxylation is 1. The number of hydrogen-bond acceptors (Lipinski definition) is 4. The molecule has 2 heterocycles. The quantitative estimate of drug-likeness (QED) is 0.306. The van der Waals surface area contributed by atoms with Gasteiger partial charge >= 0.3 is 0 Å². The summed E-state index contributed by atoms with van der Waals surface area (Å²) in [6.45, 7) is 3.98. The molecule has 0 spiro atoms. The van der Waals surface area contributed by atoms with E-state index >= 15 is 0 Å². The van der Waals surface area contributed by atoms with Gasteiger partial charge in [0.25, 0.3) is 5.56 Å². The van der Waals surface area contributed by atoms with Crippen LogP contribution >= 0.6 is 35.3 Å². The van der Waals surface area contributed by atoms with Crippen LogP contribution in [-0.2, 0) is 19.6 Å². The highest BCUT2D eigenvalue weighted by Gasteiger charge is 2.08. The monoisotopic (exact) mass is 523 g/mol. The van der Waals surface area contributed by atoms with Gasteiger partial charge in [0.1, 0.15) is 0 Å². The van der Waals surface area contributed by atoms with Crippen LogP contribution in [0.25, 0.3) is 0 Å². The Morgan fingerprint density at radius 3 is 2.55 bits per heavy atom. The van der Waals surface area contributed by atoms with E-state index < -0.39 is 0 Å². The Hall–Kier alpha value is -2.20. The van der Waals surface area contributed by atoms with E-state index in [0.717, 1.165) is 34.3 Å². The van der Waals surface area contributed by atoms with E-state index in [2.05, 4.69) is 49.8 Å². The molecule has 2 aromatic heterocycles. The summed E-state index contributed by atoms with van der Waals surface area (Å²) < 4.78 is 1.70. The van der Waals surface area contributed by atoms with E-state index in [1.54, 1.807) is 35.1 Å². The van der Waals surface area contributed by atoms with Gasteiger partial charge in [0.2, 0.25) is 0 Å². The lowest BCUT2D eigenvalue weighted by Gasteiger charge is -2.21. The molecule has 3 rings (SSSR count). The number of halogens is 1. The third-order valence-electron chi connectivity index (χ3n) is 4.36. The van der Waals surface area contributed by atoms with Crippen LogP contribution in [0.2, 0.25) is 0 Å².